The van der Waals surface area contributed by atoms with Crippen molar-refractivity contribution in [3.63, 3.8) is 0 Å². The van der Waals surface area contributed by atoms with Crippen LogP contribution in [0.5, 0.6) is 0 Å². The molecule has 0 aliphatic carbocycles. The monoisotopic (exact) mass is 274 g/mol. The highest BCUT2D eigenvalue weighted by atomic mass is 16.6. The molecule has 0 fully saturated rings. The number of rotatable bonds is 8. The van der Waals surface area contributed by atoms with Crippen LogP contribution >= 0.6 is 0 Å². The van der Waals surface area contributed by atoms with Gasteiger partial charge in [-0.25, -0.2) is 4.79 Å². The molecule has 0 radical (unpaired) electrons. The van der Waals surface area contributed by atoms with Crippen LogP contribution in [0.2, 0.25) is 0 Å². The predicted molar refractivity (Wildman–Crippen MR) is 77.4 cm³/mol. The Labute approximate surface area is 117 Å². The van der Waals surface area contributed by atoms with E-state index in [1.807, 2.05) is 20.8 Å². The first kappa shape index (κ1) is 18.2. The van der Waals surface area contributed by atoms with Crippen LogP contribution in [0.4, 0.5) is 4.79 Å². The molecule has 0 aromatic carbocycles. The number of hydrogen-bond acceptors (Lipinski definition) is 4. The average molecular weight is 274 g/mol. The van der Waals surface area contributed by atoms with E-state index in [2.05, 4.69) is 24.5 Å². The maximum absolute atomic E-state index is 11.4. The van der Waals surface area contributed by atoms with Crippen molar-refractivity contribution in [2.45, 2.75) is 46.6 Å². The quantitative estimate of drug-likeness (QED) is 0.666. The summed E-state index contributed by atoms with van der Waals surface area (Å²) < 4.78 is 10.2. The molecule has 114 valence electrons. The maximum atomic E-state index is 11.4. The number of methoxy groups -OCH3 is 1. The van der Waals surface area contributed by atoms with E-state index in [-0.39, 0.29) is 11.5 Å². The van der Waals surface area contributed by atoms with Gasteiger partial charge in [-0.1, -0.05) is 13.8 Å². The molecule has 5 nitrogen and oxygen atoms in total. The van der Waals surface area contributed by atoms with Gasteiger partial charge in [-0.2, -0.15) is 0 Å². The third-order valence-corrected chi connectivity index (χ3v) is 2.56. The standard InChI is InChI=1S/C14H30N2O3/c1-13(2,3)19-12(17)16-9-8-15-11-14(4,5)7-10-18-6/h15H,7-11H2,1-6H3,(H,16,17). The zero-order valence-electron chi connectivity index (χ0n) is 13.3. The van der Waals surface area contributed by atoms with E-state index in [0.717, 1.165) is 26.1 Å². The van der Waals surface area contributed by atoms with Gasteiger partial charge < -0.3 is 20.1 Å². The summed E-state index contributed by atoms with van der Waals surface area (Å²) in [7, 11) is 1.72. The Morgan fingerprint density at radius 2 is 1.74 bits per heavy atom. The topological polar surface area (TPSA) is 59.6 Å². The molecule has 0 saturated carbocycles. The lowest BCUT2D eigenvalue weighted by Crippen LogP contribution is -2.38. The number of alkyl carbamates (subject to hydrolysis) is 1. The summed E-state index contributed by atoms with van der Waals surface area (Å²) in [5, 5.41) is 6.05. The fraction of sp³-hybridized carbons (Fsp3) is 0.929. The van der Waals surface area contributed by atoms with Crippen LogP contribution in [0.3, 0.4) is 0 Å². The molecule has 1 amide bonds. The summed E-state index contributed by atoms with van der Waals surface area (Å²) in [6.07, 6.45) is 0.642. The molecule has 2 N–H and O–H groups in total. The fourth-order valence-corrected chi connectivity index (χ4v) is 1.46. The van der Waals surface area contributed by atoms with Crippen molar-refractivity contribution in [1.29, 1.82) is 0 Å². The number of hydrogen-bond donors (Lipinski definition) is 2. The van der Waals surface area contributed by atoms with Crippen molar-refractivity contribution < 1.29 is 14.3 Å². The summed E-state index contributed by atoms with van der Waals surface area (Å²) in [5.41, 5.74) is -0.248. The van der Waals surface area contributed by atoms with Crippen molar-refractivity contribution in [2.75, 3.05) is 33.4 Å². The van der Waals surface area contributed by atoms with Gasteiger partial charge in [0.05, 0.1) is 0 Å². The lowest BCUT2D eigenvalue weighted by molar-refractivity contribution is 0.0528. The first-order chi connectivity index (χ1) is 8.66. The molecule has 19 heavy (non-hydrogen) atoms. The minimum absolute atomic E-state index is 0.196. The zero-order valence-corrected chi connectivity index (χ0v) is 13.3. The minimum atomic E-state index is -0.445. The summed E-state index contributed by atoms with van der Waals surface area (Å²) >= 11 is 0. The summed E-state index contributed by atoms with van der Waals surface area (Å²) in [5.74, 6) is 0. The molecule has 0 unspecified atom stereocenters. The molecule has 0 aromatic rings. The van der Waals surface area contributed by atoms with E-state index in [1.54, 1.807) is 7.11 Å². The van der Waals surface area contributed by atoms with Crippen LogP contribution in [0.15, 0.2) is 0 Å². The third-order valence-electron chi connectivity index (χ3n) is 2.56. The number of ether oxygens (including phenoxy) is 2. The third kappa shape index (κ3) is 12.0. The Morgan fingerprint density at radius 1 is 1.11 bits per heavy atom. The molecule has 0 aliphatic heterocycles. The normalized spacial score (nSPS) is 12.3. The maximum Gasteiger partial charge on any atom is 0.407 e. The van der Waals surface area contributed by atoms with Crippen molar-refractivity contribution in [1.82, 2.24) is 10.6 Å². The van der Waals surface area contributed by atoms with Gasteiger partial charge in [0.2, 0.25) is 0 Å². The molecule has 0 rings (SSSR count). The summed E-state index contributed by atoms with van der Waals surface area (Å²) in [6, 6.07) is 0. The second-order valence-electron chi connectivity index (χ2n) is 6.51. The molecule has 0 aliphatic rings. The Bertz CT molecular complexity index is 260. The van der Waals surface area contributed by atoms with Gasteiger partial charge in [-0.05, 0) is 32.6 Å². The van der Waals surface area contributed by atoms with Crippen LogP contribution in [0.1, 0.15) is 41.0 Å². The largest absolute Gasteiger partial charge is 0.444 e. The molecule has 0 aromatic heterocycles. The first-order valence-electron chi connectivity index (χ1n) is 6.83. The van der Waals surface area contributed by atoms with Crippen LogP contribution in [0.25, 0.3) is 0 Å². The van der Waals surface area contributed by atoms with E-state index in [4.69, 9.17) is 9.47 Å². The number of carbonyl (C=O) groups excluding carboxylic acids is 1. The number of amides is 1. The van der Waals surface area contributed by atoms with Gasteiger partial charge in [-0.3, -0.25) is 0 Å². The van der Waals surface area contributed by atoms with Crippen molar-refractivity contribution in [3.8, 4) is 0 Å². The van der Waals surface area contributed by atoms with Crippen LogP contribution in [-0.4, -0.2) is 45.0 Å². The van der Waals surface area contributed by atoms with Crippen molar-refractivity contribution in [3.05, 3.63) is 0 Å². The summed E-state index contributed by atoms with van der Waals surface area (Å²) in [4.78, 5) is 11.4. The molecule has 0 saturated heterocycles. The minimum Gasteiger partial charge on any atom is -0.444 e. The Balaban J connectivity index is 3.62. The zero-order chi connectivity index (χ0) is 14.9. The van der Waals surface area contributed by atoms with Gasteiger partial charge >= 0.3 is 6.09 Å². The molecular formula is C14H30N2O3. The lowest BCUT2D eigenvalue weighted by atomic mass is 9.90. The van der Waals surface area contributed by atoms with E-state index in [0.29, 0.717) is 6.54 Å². The van der Waals surface area contributed by atoms with Crippen LogP contribution in [-0.2, 0) is 9.47 Å². The van der Waals surface area contributed by atoms with E-state index in [1.165, 1.54) is 0 Å². The van der Waals surface area contributed by atoms with Gasteiger partial charge in [0, 0.05) is 33.4 Å². The van der Waals surface area contributed by atoms with Gasteiger partial charge in [-0.15, -0.1) is 0 Å². The molecule has 5 heteroatoms. The molecule has 0 atom stereocenters. The SMILES string of the molecule is COCCC(C)(C)CNCCNC(=O)OC(C)(C)C. The first-order valence-corrected chi connectivity index (χ1v) is 6.83. The van der Waals surface area contributed by atoms with Crippen LogP contribution in [0, 0.1) is 5.41 Å². The van der Waals surface area contributed by atoms with E-state index < -0.39 is 5.60 Å². The smallest absolute Gasteiger partial charge is 0.407 e. The number of nitrogens with one attached hydrogen (secondary N) is 2. The highest BCUT2D eigenvalue weighted by Gasteiger charge is 2.17. The van der Waals surface area contributed by atoms with Gasteiger partial charge in [0.25, 0.3) is 0 Å². The fourth-order valence-electron chi connectivity index (χ4n) is 1.46. The second kappa shape index (κ2) is 8.38. The van der Waals surface area contributed by atoms with E-state index in [9.17, 15) is 4.79 Å². The second-order valence-corrected chi connectivity index (χ2v) is 6.51. The summed E-state index contributed by atoms with van der Waals surface area (Å²) in [6.45, 7) is 12.9. The average Bonchev–Trinajstić information content (AvgIpc) is 2.23. The molecule has 0 spiro atoms. The Kier molecular flexibility index (Phi) is 8.02. The van der Waals surface area contributed by atoms with Crippen molar-refractivity contribution >= 4 is 6.09 Å². The molecule has 0 bridgehead atoms. The van der Waals surface area contributed by atoms with Gasteiger partial charge in [0.15, 0.2) is 0 Å². The highest BCUT2D eigenvalue weighted by molar-refractivity contribution is 5.67. The molecular weight excluding hydrogens is 244 g/mol. The van der Waals surface area contributed by atoms with E-state index >= 15 is 0 Å². The predicted octanol–water partition coefficient (Wildman–Crippen LogP) is 2.16. The Morgan fingerprint density at radius 3 is 2.26 bits per heavy atom. The number of carbonyl (C=O) groups is 1. The van der Waals surface area contributed by atoms with Crippen LogP contribution < -0.4 is 10.6 Å². The highest BCUT2D eigenvalue weighted by Crippen LogP contribution is 2.18. The van der Waals surface area contributed by atoms with Crippen molar-refractivity contribution in [2.24, 2.45) is 5.41 Å². The Hall–Kier alpha value is -0.810. The van der Waals surface area contributed by atoms with Gasteiger partial charge in [0.1, 0.15) is 5.60 Å². The lowest BCUT2D eigenvalue weighted by Gasteiger charge is -2.25. The molecule has 0 heterocycles.